The van der Waals surface area contributed by atoms with Crippen LogP contribution in [0, 0.1) is 13.8 Å². The molecule has 0 atom stereocenters. The third-order valence-corrected chi connectivity index (χ3v) is 2.73. The number of carbonyl (C=O) groups excluding carboxylic acids is 1. The molecule has 0 aliphatic rings. The van der Waals surface area contributed by atoms with Crippen molar-refractivity contribution in [1.29, 1.82) is 0 Å². The third kappa shape index (κ3) is 2.12. The Balaban J connectivity index is 2.68. The maximum Gasteiger partial charge on any atom is 0.280 e. The van der Waals surface area contributed by atoms with Crippen molar-refractivity contribution >= 4 is 16.8 Å². The Bertz CT molecular complexity index is 674. The summed E-state index contributed by atoms with van der Waals surface area (Å²) in [7, 11) is 1.32. The van der Waals surface area contributed by atoms with Crippen molar-refractivity contribution in [3.63, 3.8) is 0 Å². The van der Waals surface area contributed by atoms with Crippen LogP contribution in [0.25, 0.3) is 10.9 Å². The van der Waals surface area contributed by atoms with Crippen LogP contribution in [0.3, 0.4) is 0 Å². The lowest BCUT2D eigenvalue weighted by Gasteiger charge is -2.06. The van der Waals surface area contributed by atoms with Gasteiger partial charge in [-0.2, -0.15) is 0 Å². The number of carbonyl (C=O) groups is 1. The second-order valence-corrected chi connectivity index (χ2v) is 4.19. The molecule has 0 aliphatic carbocycles. The Labute approximate surface area is 104 Å². The fraction of sp³-hybridized carbons (Fsp3) is 0.231. The fourth-order valence-corrected chi connectivity index (χ4v) is 2.00. The first-order chi connectivity index (χ1) is 8.52. The molecule has 0 saturated carbocycles. The van der Waals surface area contributed by atoms with Crippen molar-refractivity contribution in [2.24, 2.45) is 0 Å². The first-order valence-electron chi connectivity index (χ1n) is 5.50. The number of H-pyrrole nitrogens is 1. The summed E-state index contributed by atoms with van der Waals surface area (Å²) in [5.41, 5.74) is 4.54. The normalized spacial score (nSPS) is 10.6. The Hall–Kier alpha value is -2.14. The average molecular weight is 246 g/mol. The Morgan fingerprint density at radius 1 is 1.28 bits per heavy atom. The molecule has 0 bridgehead atoms. The van der Waals surface area contributed by atoms with Gasteiger partial charge in [-0.3, -0.25) is 14.4 Å². The zero-order valence-electron chi connectivity index (χ0n) is 10.5. The van der Waals surface area contributed by atoms with Gasteiger partial charge in [0.05, 0.1) is 12.6 Å². The van der Waals surface area contributed by atoms with Gasteiger partial charge in [-0.15, -0.1) is 0 Å². The molecule has 5 heteroatoms. The molecule has 0 aliphatic heterocycles. The predicted molar refractivity (Wildman–Crippen MR) is 68.5 cm³/mol. The summed E-state index contributed by atoms with van der Waals surface area (Å²) < 4.78 is 0. The van der Waals surface area contributed by atoms with E-state index in [0.29, 0.717) is 0 Å². The van der Waals surface area contributed by atoms with Crippen LogP contribution >= 0.6 is 0 Å². The molecule has 0 spiro atoms. The minimum absolute atomic E-state index is 0.0364. The van der Waals surface area contributed by atoms with E-state index in [4.69, 9.17) is 0 Å². The Morgan fingerprint density at radius 2 is 2.00 bits per heavy atom. The van der Waals surface area contributed by atoms with Crippen LogP contribution in [0.4, 0.5) is 0 Å². The van der Waals surface area contributed by atoms with Crippen molar-refractivity contribution < 1.29 is 9.63 Å². The van der Waals surface area contributed by atoms with Gasteiger partial charge in [0.25, 0.3) is 11.5 Å². The van der Waals surface area contributed by atoms with Gasteiger partial charge in [0.2, 0.25) is 0 Å². The van der Waals surface area contributed by atoms with Gasteiger partial charge in [0.15, 0.2) is 0 Å². The summed E-state index contributed by atoms with van der Waals surface area (Å²) in [6.07, 6.45) is 0. The summed E-state index contributed by atoms with van der Waals surface area (Å²) in [4.78, 5) is 30.7. The van der Waals surface area contributed by atoms with Gasteiger partial charge >= 0.3 is 0 Å². The molecule has 1 heterocycles. The van der Waals surface area contributed by atoms with Crippen molar-refractivity contribution in [3.8, 4) is 0 Å². The molecule has 94 valence electrons. The van der Waals surface area contributed by atoms with Crippen LogP contribution in [0.2, 0.25) is 0 Å². The Kier molecular flexibility index (Phi) is 3.16. The number of hydrogen-bond acceptors (Lipinski definition) is 3. The lowest BCUT2D eigenvalue weighted by molar-refractivity contribution is 0.0536. The molecule has 2 rings (SSSR count). The average Bonchev–Trinajstić information content (AvgIpc) is 2.29. The largest absolute Gasteiger partial charge is 0.321 e. The van der Waals surface area contributed by atoms with Gasteiger partial charge in [-0.05, 0) is 36.9 Å². The lowest BCUT2D eigenvalue weighted by Crippen LogP contribution is -2.28. The van der Waals surface area contributed by atoms with Crippen LogP contribution < -0.4 is 11.0 Å². The standard InChI is InChI=1S/C13H14N2O3/c1-7-4-8(2)11-9(5-7)6-10(12(16)14-11)13(17)15-18-3/h4-6H,1-3H3,(H,14,16)(H,15,17). The number of aryl methyl sites for hydroxylation is 2. The van der Waals surface area contributed by atoms with E-state index in [9.17, 15) is 9.59 Å². The number of benzene rings is 1. The molecular formula is C13H14N2O3. The molecule has 0 saturated heterocycles. The van der Waals surface area contributed by atoms with Crippen LogP contribution in [0.5, 0.6) is 0 Å². The van der Waals surface area contributed by atoms with Gasteiger partial charge in [0, 0.05) is 0 Å². The number of hydroxylamine groups is 1. The highest BCUT2D eigenvalue weighted by Gasteiger charge is 2.12. The molecule has 1 amide bonds. The van der Waals surface area contributed by atoms with Gasteiger partial charge < -0.3 is 4.98 Å². The molecule has 0 radical (unpaired) electrons. The number of rotatable bonds is 2. The summed E-state index contributed by atoms with van der Waals surface area (Å²) in [5.74, 6) is -0.556. The van der Waals surface area contributed by atoms with E-state index in [1.807, 2.05) is 26.0 Å². The van der Waals surface area contributed by atoms with E-state index >= 15 is 0 Å². The smallest absolute Gasteiger partial charge is 0.280 e. The topological polar surface area (TPSA) is 71.2 Å². The number of pyridine rings is 1. The second kappa shape index (κ2) is 4.62. The van der Waals surface area contributed by atoms with Crippen molar-refractivity contribution in [1.82, 2.24) is 10.5 Å². The molecule has 0 unspecified atom stereocenters. The summed E-state index contributed by atoms with van der Waals surface area (Å²) in [6.45, 7) is 3.88. The molecule has 18 heavy (non-hydrogen) atoms. The monoisotopic (exact) mass is 246 g/mol. The number of hydrogen-bond donors (Lipinski definition) is 2. The summed E-state index contributed by atoms with van der Waals surface area (Å²) >= 11 is 0. The van der Waals surface area contributed by atoms with E-state index in [-0.39, 0.29) is 5.56 Å². The quantitative estimate of drug-likeness (QED) is 0.787. The first-order valence-corrected chi connectivity index (χ1v) is 5.50. The minimum Gasteiger partial charge on any atom is -0.321 e. The highest BCUT2D eigenvalue weighted by molar-refractivity contribution is 5.97. The molecule has 2 N–H and O–H groups in total. The maximum absolute atomic E-state index is 11.8. The number of aromatic amines is 1. The zero-order chi connectivity index (χ0) is 13.3. The zero-order valence-corrected chi connectivity index (χ0v) is 10.5. The van der Waals surface area contributed by atoms with Gasteiger partial charge in [0.1, 0.15) is 5.56 Å². The maximum atomic E-state index is 11.8. The van der Waals surface area contributed by atoms with Crippen LogP contribution in [-0.2, 0) is 4.84 Å². The fourth-order valence-electron chi connectivity index (χ4n) is 2.00. The van der Waals surface area contributed by atoms with Crippen LogP contribution in [-0.4, -0.2) is 18.0 Å². The van der Waals surface area contributed by atoms with Crippen LogP contribution in [0.15, 0.2) is 23.0 Å². The first kappa shape index (κ1) is 12.3. The molecule has 2 aromatic rings. The highest BCUT2D eigenvalue weighted by Crippen LogP contribution is 2.17. The predicted octanol–water partition coefficient (Wildman–Crippen LogP) is 1.44. The summed E-state index contributed by atoms with van der Waals surface area (Å²) in [6, 6.07) is 5.47. The van der Waals surface area contributed by atoms with Crippen molar-refractivity contribution in [2.75, 3.05) is 7.11 Å². The van der Waals surface area contributed by atoms with E-state index in [0.717, 1.165) is 22.0 Å². The van der Waals surface area contributed by atoms with E-state index in [2.05, 4.69) is 15.3 Å². The molecular weight excluding hydrogens is 232 g/mol. The molecule has 1 aromatic carbocycles. The lowest BCUT2D eigenvalue weighted by atomic mass is 10.1. The van der Waals surface area contributed by atoms with E-state index in [1.54, 1.807) is 6.07 Å². The number of aromatic nitrogens is 1. The van der Waals surface area contributed by atoms with Crippen molar-refractivity contribution in [2.45, 2.75) is 13.8 Å². The molecule has 0 fully saturated rings. The van der Waals surface area contributed by atoms with E-state index in [1.165, 1.54) is 7.11 Å². The van der Waals surface area contributed by atoms with Crippen molar-refractivity contribution in [3.05, 3.63) is 45.2 Å². The SMILES string of the molecule is CONC(=O)c1cc2cc(C)cc(C)c2[nH]c1=O. The third-order valence-electron chi connectivity index (χ3n) is 2.73. The molecule has 1 aromatic heterocycles. The number of amides is 1. The second-order valence-electron chi connectivity index (χ2n) is 4.19. The highest BCUT2D eigenvalue weighted by atomic mass is 16.6. The Morgan fingerprint density at radius 3 is 2.67 bits per heavy atom. The number of fused-ring (bicyclic) bond motifs is 1. The number of nitrogens with one attached hydrogen (secondary N) is 2. The minimum atomic E-state index is -0.556. The van der Waals surface area contributed by atoms with E-state index < -0.39 is 11.5 Å². The summed E-state index contributed by atoms with van der Waals surface area (Å²) in [5, 5.41) is 0.827. The van der Waals surface area contributed by atoms with Crippen LogP contribution in [0.1, 0.15) is 21.5 Å². The molecule has 5 nitrogen and oxygen atoms in total. The van der Waals surface area contributed by atoms with Gasteiger partial charge in [-0.25, -0.2) is 5.48 Å². The van der Waals surface area contributed by atoms with Gasteiger partial charge in [-0.1, -0.05) is 11.6 Å².